The van der Waals surface area contributed by atoms with Crippen molar-refractivity contribution in [2.75, 3.05) is 13.2 Å². The largest absolute Gasteiger partial charge is 0.466 e. The highest BCUT2D eigenvalue weighted by Crippen LogP contribution is 2.08. The van der Waals surface area contributed by atoms with Gasteiger partial charge in [-0.15, -0.1) is 0 Å². The second-order valence-corrected chi connectivity index (χ2v) is 3.84. The fourth-order valence-electron chi connectivity index (χ4n) is 1.36. The molecule has 0 saturated heterocycles. The van der Waals surface area contributed by atoms with E-state index < -0.39 is 0 Å². The number of ether oxygens (including phenoxy) is 3. The van der Waals surface area contributed by atoms with Gasteiger partial charge in [-0.2, -0.15) is 0 Å². The van der Waals surface area contributed by atoms with Crippen molar-refractivity contribution >= 4 is 17.9 Å². The van der Waals surface area contributed by atoms with Crippen LogP contribution in [0.4, 0.5) is 0 Å². The molecule has 6 heteroatoms. The van der Waals surface area contributed by atoms with Crippen LogP contribution in [-0.4, -0.2) is 37.2 Å². The Morgan fingerprint density at radius 1 is 0.833 bits per heavy atom. The molecule has 0 amide bonds. The molecule has 0 aromatic carbocycles. The number of hydrogen-bond acceptors (Lipinski definition) is 6. The van der Waals surface area contributed by atoms with E-state index in [1.54, 1.807) is 0 Å². The maximum absolute atomic E-state index is 10.9. The Bertz CT molecular complexity index is 286. The first kappa shape index (κ1) is 16.4. The van der Waals surface area contributed by atoms with Crippen molar-refractivity contribution in [3.63, 3.8) is 0 Å². The highest BCUT2D eigenvalue weighted by atomic mass is 16.6. The van der Waals surface area contributed by atoms with Gasteiger partial charge in [0.1, 0.15) is 6.10 Å². The molecule has 0 unspecified atom stereocenters. The minimum atomic E-state index is -0.379. The Hall–Kier alpha value is -1.59. The first-order valence-electron chi connectivity index (χ1n) is 5.85. The quantitative estimate of drug-likeness (QED) is 0.371. The number of esters is 3. The molecule has 0 heterocycles. The van der Waals surface area contributed by atoms with E-state index in [9.17, 15) is 14.4 Å². The average Bonchev–Trinajstić information content (AvgIpc) is 2.22. The lowest BCUT2D eigenvalue weighted by Crippen LogP contribution is -2.20. The van der Waals surface area contributed by atoms with Crippen molar-refractivity contribution in [3.8, 4) is 0 Å². The van der Waals surface area contributed by atoms with Crippen molar-refractivity contribution in [2.45, 2.75) is 46.1 Å². The predicted octanol–water partition coefficient (Wildman–Crippen LogP) is 1.21. The molecule has 0 rings (SSSR count). The zero-order chi connectivity index (χ0) is 14.0. The van der Waals surface area contributed by atoms with Crippen LogP contribution in [0.1, 0.15) is 40.0 Å². The maximum atomic E-state index is 10.9. The topological polar surface area (TPSA) is 78.9 Å². The Morgan fingerprint density at radius 2 is 1.39 bits per heavy atom. The third kappa shape index (κ3) is 10.9. The summed E-state index contributed by atoms with van der Waals surface area (Å²) in [6.45, 7) is 4.48. The van der Waals surface area contributed by atoms with E-state index in [2.05, 4.69) is 0 Å². The van der Waals surface area contributed by atoms with Gasteiger partial charge in [0.15, 0.2) is 0 Å². The molecule has 0 saturated carbocycles. The summed E-state index contributed by atoms with van der Waals surface area (Å²) in [6, 6.07) is 0. The summed E-state index contributed by atoms with van der Waals surface area (Å²) < 4.78 is 14.6. The molecule has 0 fully saturated rings. The molecule has 0 aliphatic rings. The molecule has 0 bridgehead atoms. The first-order chi connectivity index (χ1) is 8.41. The van der Waals surface area contributed by atoms with E-state index in [-0.39, 0.29) is 30.6 Å². The van der Waals surface area contributed by atoms with Gasteiger partial charge in [0.05, 0.1) is 13.2 Å². The normalized spacial score (nSPS) is 11.5. The van der Waals surface area contributed by atoms with Gasteiger partial charge in [-0.1, -0.05) is 0 Å². The van der Waals surface area contributed by atoms with Crippen molar-refractivity contribution in [2.24, 2.45) is 0 Å². The van der Waals surface area contributed by atoms with E-state index in [1.807, 2.05) is 0 Å². The van der Waals surface area contributed by atoms with Crippen LogP contribution >= 0.6 is 0 Å². The number of hydrogen-bond donors (Lipinski definition) is 0. The van der Waals surface area contributed by atoms with Crippen LogP contribution in [0.15, 0.2) is 0 Å². The van der Waals surface area contributed by atoms with Crippen LogP contribution in [0.5, 0.6) is 0 Å². The standard InChI is InChI=1S/C12H20O6/c1-9(13)16-7-4-5-12(18-11(3)15)6-8-17-10(2)14/h12H,4-8H2,1-3H3/t12-/m1/s1. The van der Waals surface area contributed by atoms with Crippen LogP contribution < -0.4 is 0 Å². The molecule has 6 nitrogen and oxygen atoms in total. The smallest absolute Gasteiger partial charge is 0.302 e. The average molecular weight is 260 g/mol. The fourth-order valence-corrected chi connectivity index (χ4v) is 1.36. The molecular formula is C12H20O6. The Balaban J connectivity index is 3.87. The van der Waals surface area contributed by atoms with Crippen molar-refractivity contribution in [1.29, 1.82) is 0 Å². The lowest BCUT2D eigenvalue weighted by atomic mass is 10.1. The lowest BCUT2D eigenvalue weighted by Gasteiger charge is -2.16. The highest BCUT2D eigenvalue weighted by Gasteiger charge is 2.12. The highest BCUT2D eigenvalue weighted by molar-refractivity contribution is 5.66. The van der Waals surface area contributed by atoms with Crippen LogP contribution in [0, 0.1) is 0 Å². The van der Waals surface area contributed by atoms with E-state index in [4.69, 9.17) is 14.2 Å². The van der Waals surface area contributed by atoms with E-state index in [1.165, 1.54) is 20.8 Å². The van der Waals surface area contributed by atoms with Crippen LogP contribution in [0.25, 0.3) is 0 Å². The van der Waals surface area contributed by atoms with Gasteiger partial charge in [0.2, 0.25) is 0 Å². The zero-order valence-electron chi connectivity index (χ0n) is 11.1. The van der Waals surface area contributed by atoms with Gasteiger partial charge in [-0.3, -0.25) is 14.4 Å². The molecule has 0 N–H and O–H groups in total. The Labute approximate surface area is 107 Å². The molecule has 1 atom stereocenters. The zero-order valence-corrected chi connectivity index (χ0v) is 11.1. The minimum absolute atomic E-state index is 0.209. The second-order valence-electron chi connectivity index (χ2n) is 3.84. The number of rotatable bonds is 8. The lowest BCUT2D eigenvalue weighted by molar-refractivity contribution is -0.150. The van der Waals surface area contributed by atoms with Crippen LogP contribution in [0.2, 0.25) is 0 Å². The van der Waals surface area contributed by atoms with Crippen LogP contribution in [-0.2, 0) is 28.6 Å². The summed E-state index contributed by atoms with van der Waals surface area (Å²) in [5.41, 5.74) is 0. The predicted molar refractivity (Wildman–Crippen MR) is 62.7 cm³/mol. The molecule has 0 spiro atoms. The van der Waals surface area contributed by atoms with Gasteiger partial charge < -0.3 is 14.2 Å². The molecule has 0 aliphatic heterocycles. The fraction of sp³-hybridized carbons (Fsp3) is 0.750. The van der Waals surface area contributed by atoms with Crippen LogP contribution in [0.3, 0.4) is 0 Å². The van der Waals surface area contributed by atoms with E-state index in [0.717, 1.165) is 0 Å². The molecule has 0 radical (unpaired) electrons. The third-order valence-electron chi connectivity index (χ3n) is 2.05. The molecule has 0 aromatic heterocycles. The second kappa shape index (κ2) is 9.44. The summed E-state index contributed by atoms with van der Waals surface area (Å²) in [4.78, 5) is 32.0. The molecule has 104 valence electrons. The first-order valence-corrected chi connectivity index (χ1v) is 5.85. The summed E-state index contributed by atoms with van der Waals surface area (Å²) >= 11 is 0. The van der Waals surface area contributed by atoms with E-state index >= 15 is 0 Å². The Morgan fingerprint density at radius 3 is 1.89 bits per heavy atom. The molecular weight excluding hydrogens is 240 g/mol. The van der Waals surface area contributed by atoms with Crippen molar-refractivity contribution in [3.05, 3.63) is 0 Å². The molecule has 18 heavy (non-hydrogen) atoms. The van der Waals surface area contributed by atoms with Gasteiger partial charge in [-0.05, 0) is 12.8 Å². The maximum Gasteiger partial charge on any atom is 0.302 e. The molecule has 0 aliphatic carbocycles. The Kier molecular flexibility index (Phi) is 8.61. The number of carbonyl (C=O) groups excluding carboxylic acids is 3. The summed E-state index contributed by atoms with van der Waals surface area (Å²) in [7, 11) is 0. The minimum Gasteiger partial charge on any atom is -0.466 e. The molecule has 0 aromatic rings. The summed E-state index contributed by atoms with van der Waals surface area (Å²) in [5, 5.41) is 0. The van der Waals surface area contributed by atoms with Crippen molar-refractivity contribution in [1.82, 2.24) is 0 Å². The van der Waals surface area contributed by atoms with Gasteiger partial charge in [-0.25, -0.2) is 0 Å². The summed E-state index contributed by atoms with van der Waals surface area (Å²) in [6.07, 6.45) is 1.28. The van der Waals surface area contributed by atoms with Crippen molar-refractivity contribution < 1.29 is 28.6 Å². The monoisotopic (exact) mass is 260 g/mol. The van der Waals surface area contributed by atoms with Gasteiger partial charge >= 0.3 is 17.9 Å². The third-order valence-corrected chi connectivity index (χ3v) is 2.05. The van der Waals surface area contributed by atoms with E-state index in [0.29, 0.717) is 25.9 Å². The van der Waals surface area contributed by atoms with Gasteiger partial charge in [0, 0.05) is 27.2 Å². The summed E-state index contributed by atoms with van der Waals surface area (Å²) in [5.74, 6) is -1.08. The van der Waals surface area contributed by atoms with Gasteiger partial charge in [0.25, 0.3) is 0 Å². The SMILES string of the molecule is CC(=O)OCCC[C@H](CCOC(C)=O)OC(C)=O. The number of carbonyl (C=O) groups is 3.